The third-order valence-electron chi connectivity index (χ3n) is 2.87. The van der Waals surface area contributed by atoms with Crippen molar-refractivity contribution in [3.8, 4) is 0 Å². The summed E-state index contributed by atoms with van der Waals surface area (Å²) in [5, 5.41) is 0.677. The maximum atomic E-state index is 5.97. The van der Waals surface area contributed by atoms with Crippen molar-refractivity contribution >= 4 is 11.8 Å². The molecule has 96 valence electrons. The van der Waals surface area contributed by atoms with Crippen LogP contribution >= 0.6 is 11.8 Å². The Bertz CT molecular complexity index is 497. The molecular formula is C14H18N2OS. The van der Waals surface area contributed by atoms with Gasteiger partial charge in [-0.2, -0.15) is 0 Å². The largest absolute Gasteiger partial charge is 0.440 e. The monoisotopic (exact) mass is 262 g/mol. The quantitative estimate of drug-likeness (QED) is 0.897. The molecule has 0 saturated carbocycles. The van der Waals surface area contributed by atoms with Crippen LogP contribution < -0.4 is 5.73 Å². The van der Waals surface area contributed by atoms with E-state index in [2.05, 4.69) is 37.0 Å². The van der Waals surface area contributed by atoms with Crippen LogP contribution in [0, 0.1) is 6.92 Å². The summed E-state index contributed by atoms with van der Waals surface area (Å²) in [7, 11) is 0. The van der Waals surface area contributed by atoms with Crippen LogP contribution in [0.25, 0.3) is 0 Å². The number of benzene rings is 1. The van der Waals surface area contributed by atoms with Gasteiger partial charge in [-0.05, 0) is 48.7 Å². The normalized spacial score (nSPS) is 12.6. The summed E-state index contributed by atoms with van der Waals surface area (Å²) in [6.07, 6.45) is 5.19. The molecule has 0 aliphatic rings. The summed E-state index contributed by atoms with van der Waals surface area (Å²) in [5.74, 6) is 0. The first kappa shape index (κ1) is 13.2. The second-order valence-electron chi connectivity index (χ2n) is 4.37. The molecule has 1 heterocycles. The molecule has 2 N–H and O–H groups in total. The van der Waals surface area contributed by atoms with Crippen LogP contribution in [-0.2, 0) is 6.42 Å². The predicted octanol–water partition coefficient (Wildman–Crippen LogP) is 3.41. The Balaban J connectivity index is 2.10. The van der Waals surface area contributed by atoms with Gasteiger partial charge < -0.3 is 10.2 Å². The highest BCUT2D eigenvalue weighted by Crippen LogP contribution is 2.29. The number of rotatable bonds is 5. The van der Waals surface area contributed by atoms with Crippen molar-refractivity contribution in [3.05, 3.63) is 41.8 Å². The summed E-state index contributed by atoms with van der Waals surface area (Å²) < 4.78 is 5.24. The molecule has 0 fully saturated rings. The molecule has 0 aliphatic carbocycles. The van der Waals surface area contributed by atoms with Gasteiger partial charge in [0.15, 0.2) is 0 Å². The number of nitrogens with zero attached hydrogens (tertiary/aromatic N) is 1. The number of oxazole rings is 1. The third-order valence-corrected chi connectivity index (χ3v) is 3.92. The van der Waals surface area contributed by atoms with Crippen LogP contribution in [0.4, 0.5) is 0 Å². The molecule has 0 aliphatic heterocycles. The van der Waals surface area contributed by atoms with Crippen molar-refractivity contribution in [3.63, 3.8) is 0 Å². The van der Waals surface area contributed by atoms with Crippen LogP contribution in [0.2, 0.25) is 0 Å². The lowest BCUT2D eigenvalue weighted by molar-refractivity contribution is 0.454. The van der Waals surface area contributed by atoms with Gasteiger partial charge in [0.2, 0.25) is 0 Å². The van der Waals surface area contributed by atoms with Crippen molar-refractivity contribution in [1.29, 1.82) is 0 Å². The molecule has 3 nitrogen and oxygen atoms in total. The van der Waals surface area contributed by atoms with Gasteiger partial charge in [-0.15, -0.1) is 0 Å². The summed E-state index contributed by atoms with van der Waals surface area (Å²) in [6.45, 7) is 4.22. The van der Waals surface area contributed by atoms with Crippen molar-refractivity contribution in [2.75, 3.05) is 0 Å². The van der Waals surface area contributed by atoms with Crippen LogP contribution in [0.3, 0.4) is 0 Å². The van der Waals surface area contributed by atoms with Crippen LogP contribution in [0.1, 0.15) is 24.5 Å². The lowest BCUT2D eigenvalue weighted by Crippen LogP contribution is -2.21. The fraction of sp³-hybridized carbons (Fsp3) is 0.357. The Kier molecular flexibility index (Phi) is 4.44. The molecule has 0 radical (unpaired) electrons. The zero-order valence-corrected chi connectivity index (χ0v) is 11.5. The van der Waals surface area contributed by atoms with Gasteiger partial charge in [0.25, 0.3) is 5.22 Å². The SMILES string of the molecule is CCC(N)Cc1ccc(Sc2ncco2)c(C)c1. The lowest BCUT2D eigenvalue weighted by Gasteiger charge is -2.10. The summed E-state index contributed by atoms with van der Waals surface area (Å²) in [6, 6.07) is 6.69. The molecule has 0 amide bonds. The average Bonchev–Trinajstić information content (AvgIpc) is 2.85. The molecule has 1 unspecified atom stereocenters. The molecule has 0 spiro atoms. The van der Waals surface area contributed by atoms with Gasteiger partial charge in [-0.3, -0.25) is 0 Å². The highest BCUT2D eigenvalue weighted by molar-refractivity contribution is 7.99. The van der Waals surface area contributed by atoms with E-state index in [9.17, 15) is 0 Å². The minimum atomic E-state index is 0.245. The number of hydrogen-bond acceptors (Lipinski definition) is 4. The highest BCUT2D eigenvalue weighted by atomic mass is 32.2. The van der Waals surface area contributed by atoms with Crippen molar-refractivity contribution < 1.29 is 4.42 Å². The highest BCUT2D eigenvalue weighted by Gasteiger charge is 2.07. The Morgan fingerprint density at radius 1 is 1.44 bits per heavy atom. The standard InChI is InChI=1S/C14H18N2OS/c1-3-12(15)9-11-4-5-13(10(2)8-11)18-14-16-6-7-17-14/h4-8,12H,3,9,15H2,1-2H3. The Morgan fingerprint density at radius 2 is 2.28 bits per heavy atom. The van der Waals surface area contributed by atoms with Gasteiger partial charge >= 0.3 is 0 Å². The zero-order valence-electron chi connectivity index (χ0n) is 10.7. The maximum Gasteiger partial charge on any atom is 0.260 e. The minimum absolute atomic E-state index is 0.245. The molecule has 2 aromatic rings. The summed E-state index contributed by atoms with van der Waals surface area (Å²) in [5.41, 5.74) is 8.50. The maximum absolute atomic E-state index is 5.97. The number of aromatic nitrogens is 1. The van der Waals surface area contributed by atoms with E-state index in [1.165, 1.54) is 16.0 Å². The molecule has 1 aromatic carbocycles. The van der Waals surface area contributed by atoms with E-state index in [1.807, 2.05) is 0 Å². The lowest BCUT2D eigenvalue weighted by atomic mass is 10.0. The topological polar surface area (TPSA) is 52.0 Å². The zero-order chi connectivity index (χ0) is 13.0. The van der Waals surface area contributed by atoms with Crippen molar-refractivity contribution in [2.24, 2.45) is 5.73 Å². The molecule has 2 rings (SSSR count). The van der Waals surface area contributed by atoms with E-state index < -0.39 is 0 Å². The van der Waals surface area contributed by atoms with Gasteiger partial charge in [-0.1, -0.05) is 19.1 Å². The van der Waals surface area contributed by atoms with Gasteiger partial charge in [-0.25, -0.2) is 4.98 Å². The van der Waals surface area contributed by atoms with E-state index in [1.54, 1.807) is 24.2 Å². The number of nitrogens with two attached hydrogens (primary N) is 1. The molecule has 0 saturated heterocycles. The fourth-order valence-corrected chi connectivity index (χ4v) is 2.52. The van der Waals surface area contributed by atoms with Crippen molar-refractivity contribution in [1.82, 2.24) is 4.98 Å². The fourth-order valence-electron chi connectivity index (χ4n) is 1.75. The van der Waals surface area contributed by atoms with E-state index in [4.69, 9.17) is 10.2 Å². The van der Waals surface area contributed by atoms with Crippen LogP contribution in [0.15, 0.2) is 45.2 Å². The van der Waals surface area contributed by atoms with Gasteiger partial charge in [0.05, 0.1) is 6.20 Å². The Morgan fingerprint density at radius 3 is 2.89 bits per heavy atom. The van der Waals surface area contributed by atoms with Gasteiger partial charge in [0, 0.05) is 10.9 Å². The van der Waals surface area contributed by atoms with E-state index in [0.717, 1.165) is 12.8 Å². The average molecular weight is 262 g/mol. The minimum Gasteiger partial charge on any atom is -0.440 e. The molecule has 1 aromatic heterocycles. The molecular weight excluding hydrogens is 244 g/mol. The van der Waals surface area contributed by atoms with Crippen LogP contribution in [-0.4, -0.2) is 11.0 Å². The van der Waals surface area contributed by atoms with Crippen molar-refractivity contribution in [2.45, 2.75) is 42.8 Å². The van der Waals surface area contributed by atoms with Gasteiger partial charge in [0.1, 0.15) is 6.26 Å². The molecule has 18 heavy (non-hydrogen) atoms. The predicted molar refractivity (Wildman–Crippen MR) is 73.8 cm³/mol. The first-order valence-electron chi connectivity index (χ1n) is 6.11. The molecule has 4 heteroatoms. The number of hydrogen-bond donors (Lipinski definition) is 1. The Hall–Kier alpha value is -1.26. The van der Waals surface area contributed by atoms with Crippen LogP contribution in [0.5, 0.6) is 0 Å². The van der Waals surface area contributed by atoms with E-state index in [0.29, 0.717) is 5.22 Å². The number of aryl methyl sites for hydroxylation is 1. The van der Waals surface area contributed by atoms with E-state index >= 15 is 0 Å². The third kappa shape index (κ3) is 3.37. The second kappa shape index (κ2) is 6.07. The smallest absolute Gasteiger partial charge is 0.260 e. The molecule has 1 atom stereocenters. The summed E-state index contributed by atoms with van der Waals surface area (Å²) in [4.78, 5) is 5.29. The first-order chi connectivity index (χ1) is 8.69. The Labute approximate surface area is 112 Å². The summed E-state index contributed by atoms with van der Waals surface area (Å²) >= 11 is 1.55. The second-order valence-corrected chi connectivity index (χ2v) is 5.37. The van der Waals surface area contributed by atoms with E-state index in [-0.39, 0.29) is 6.04 Å². The molecule has 0 bridgehead atoms. The first-order valence-corrected chi connectivity index (χ1v) is 6.93.